The highest BCUT2D eigenvalue weighted by molar-refractivity contribution is 6.01. The average Bonchev–Trinajstić information content (AvgIpc) is 2.32. The van der Waals surface area contributed by atoms with Crippen LogP contribution in [0, 0.1) is 0 Å². The first kappa shape index (κ1) is 17.1. The van der Waals surface area contributed by atoms with Gasteiger partial charge in [-0.3, -0.25) is 0 Å². The number of ether oxygens (including phenoxy) is 1. The van der Waals surface area contributed by atoms with E-state index in [9.17, 15) is 9.59 Å². The summed E-state index contributed by atoms with van der Waals surface area (Å²) in [6.07, 6.45) is 6.88. The van der Waals surface area contributed by atoms with Gasteiger partial charge in [0.15, 0.2) is 0 Å². The second kappa shape index (κ2) is 8.25. The maximum Gasteiger partial charge on any atom is 0.341 e. The van der Waals surface area contributed by atoms with Crippen molar-refractivity contribution in [1.29, 1.82) is 0 Å². The van der Waals surface area contributed by atoms with Crippen LogP contribution in [0.4, 0.5) is 0 Å². The summed E-state index contributed by atoms with van der Waals surface area (Å²) < 4.78 is 4.77. The van der Waals surface area contributed by atoms with Gasteiger partial charge in [0.2, 0.25) is 0 Å². The van der Waals surface area contributed by atoms with E-state index in [1.54, 1.807) is 38.2 Å². The van der Waals surface area contributed by atoms with E-state index in [-0.39, 0.29) is 0 Å². The highest BCUT2D eigenvalue weighted by Crippen LogP contribution is 2.04. The lowest BCUT2D eigenvalue weighted by molar-refractivity contribution is -0.153. The Balaban J connectivity index is 4.71. The molecule has 0 unspecified atom stereocenters. The number of hydrogen-bond donors (Lipinski definition) is 0. The first-order valence-electron chi connectivity index (χ1n) is 6.14. The van der Waals surface area contributed by atoms with Crippen molar-refractivity contribution >= 4 is 11.9 Å². The second-order valence-electron chi connectivity index (χ2n) is 4.86. The zero-order valence-corrected chi connectivity index (χ0v) is 12.5. The van der Waals surface area contributed by atoms with Gasteiger partial charge in [-0.05, 0) is 41.5 Å². The van der Waals surface area contributed by atoms with Crippen LogP contribution < -0.4 is 0 Å². The summed E-state index contributed by atoms with van der Waals surface area (Å²) in [4.78, 5) is 23.3. The van der Waals surface area contributed by atoms with Crippen LogP contribution in [0.2, 0.25) is 0 Å². The summed E-state index contributed by atoms with van der Waals surface area (Å²) >= 11 is 0. The predicted molar refractivity (Wildman–Crippen MR) is 77.5 cm³/mol. The Morgan fingerprint density at radius 2 is 0.947 bits per heavy atom. The Kier molecular flexibility index (Phi) is 7.42. The lowest BCUT2D eigenvalue weighted by Crippen LogP contribution is -2.13. The standard InChI is InChI=1S/C16H22O3/c1-11(2)7-9-13(5)15(17)19-16(18)14(6)10-8-12(3)4/h7-10H,1-6H3. The van der Waals surface area contributed by atoms with Crippen molar-refractivity contribution in [1.82, 2.24) is 0 Å². The molecule has 0 aliphatic heterocycles. The van der Waals surface area contributed by atoms with Gasteiger partial charge in [-0.15, -0.1) is 0 Å². The highest BCUT2D eigenvalue weighted by atomic mass is 16.6. The Morgan fingerprint density at radius 3 is 1.21 bits per heavy atom. The molecule has 0 rings (SSSR count). The molecule has 104 valence electrons. The van der Waals surface area contributed by atoms with Crippen molar-refractivity contribution < 1.29 is 14.3 Å². The third-order valence-electron chi connectivity index (χ3n) is 2.16. The van der Waals surface area contributed by atoms with E-state index in [4.69, 9.17) is 4.74 Å². The van der Waals surface area contributed by atoms with Gasteiger partial charge in [0, 0.05) is 11.1 Å². The van der Waals surface area contributed by atoms with Gasteiger partial charge in [0.1, 0.15) is 0 Å². The SMILES string of the molecule is CC(C)=CC=C(C)C(=O)OC(=O)C(C)=CC=C(C)C. The summed E-state index contributed by atoms with van der Waals surface area (Å²) in [6, 6.07) is 0. The van der Waals surface area contributed by atoms with Crippen LogP contribution in [-0.4, -0.2) is 11.9 Å². The largest absolute Gasteiger partial charge is 0.386 e. The van der Waals surface area contributed by atoms with Crippen molar-refractivity contribution in [2.24, 2.45) is 0 Å². The maximum atomic E-state index is 11.6. The summed E-state index contributed by atoms with van der Waals surface area (Å²) in [7, 11) is 0. The van der Waals surface area contributed by atoms with Crippen molar-refractivity contribution in [3.8, 4) is 0 Å². The zero-order chi connectivity index (χ0) is 15.0. The minimum absolute atomic E-state index is 0.393. The quantitative estimate of drug-likeness (QED) is 0.334. The summed E-state index contributed by atoms with van der Waals surface area (Å²) in [5, 5.41) is 0. The molecule has 0 aliphatic carbocycles. The van der Waals surface area contributed by atoms with Gasteiger partial charge in [-0.25, -0.2) is 9.59 Å². The van der Waals surface area contributed by atoms with Crippen LogP contribution in [-0.2, 0) is 14.3 Å². The molecule has 0 atom stereocenters. The number of carbonyl (C=O) groups excluding carboxylic acids is 2. The minimum Gasteiger partial charge on any atom is -0.386 e. The molecule has 0 amide bonds. The molecule has 0 N–H and O–H groups in total. The van der Waals surface area contributed by atoms with E-state index < -0.39 is 11.9 Å². The lowest BCUT2D eigenvalue weighted by atomic mass is 10.2. The van der Waals surface area contributed by atoms with E-state index in [1.807, 2.05) is 27.7 Å². The molecule has 0 aliphatic rings. The van der Waals surface area contributed by atoms with E-state index >= 15 is 0 Å². The van der Waals surface area contributed by atoms with E-state index in [1.165, 1.54) is 0 Å². The van der Waals surface area contributed by atoms with Gasteiger partial charge in [-0.2, -0.15) is 0 Å². The number of allylic oxidation sites excluding steroid dienone is 6. The molecule has 0 fully saturated rings. The first-order chi connectivity index (χ1) is 8.73. The third kappa shape index (κ3) is 7.92. The van der Waals surface area contributed by atoms with Crippen LogP contribution in [0.1, 0.15) is 41.5 Å². The van der Waals surface area contributed by atoms with E-state index in [0.717, 1.165) is 11.1 Å². The summed E-state index contributed by atoms with van der Waals surface area (Å²) in [5.41, 5.74) is 2.92. The molecule has 19 heavy (non-hydrogen) atoms. The Morgan fingerprint density at radius 1 is 0.632 bits per heavy atom. The number of esters is 2. The fourth-order valence-corrected chi connectivity index (χ4v) is 0.965. The van der Waals surface area contributed by atoms with Crippen LogP contribution >= 0.6 is 0 Å². The van der Waals surface area contributed by atoms with Gasteiger partial charge < -0.3 is 4.74 Å². The number of rotatable bonds is 4. The highest BCUT2D eigenvalue weighted by Gasteiger charge is 2.13. The number of carbonyl (C=O) groups is 2. The molecule has 0 spiro atoms. The summed E-state index contributed by atoms with van der Waals surface area (Å²) in [5.74, 6) is -1.24. The van der Waals surface area contributed by atoms with Crippen molar-refractivity contribution in [3.05, 3.63) is 46.6 Å². The van der Waals surface area contributed by atoms with E-state index in [2.05, 4.69) is 0 Å². The molecule has 0 aromatic carbocycles. The fraction of sp³-hybridized carbons (Fsp3) is 0.375. The number of hydrogen-bond acceptors (Lipinski definition) is 3. The molecular formula is C16H22O3. The van der Waals surface area contributed by atoms with Crippen LogP contribution in [0.25, 0.3) is 0 Å². The maximum absolute atomic E-state index is 11.6. The molecule has 3 heteroatoms. The molecular weight excluding hydrogens is 240 g/mol. The molecule has 3 nitrogen and oxygen atoms in total. The van der Waals surface area contributed by atoms with Gasteiger partial charge in [0.25, 0.3) is 0 Å². The van der Waals surface area contributed by atoms with Gasteiger partial charge in [-0.1, -0.05) is 35.5 Å². The molecule has 0 aromatic rings. The summed E-state index contributed by atoms with van der Waals surface area (Å²) in [6.45, 7) is 10.9. The van der Waals surface area contributed by atoms with Crippen molar-refractivity contribution in [2.45, 2.75) is 41.5 Å². The first-order valence-corrected chi connectivity index (χ1v) is 6.14. The normalized spacial score (nSPS) is 11.7. The van der Waals surface area contributed by atoms with Crippen LogP contribution in [0.15, 0.2) is 46.6 Å². The van der Waals surface area contributed by atoms with E-state index in [0.29, 0.717) is 11.1 Å². The Labute approximate surface area is 115 Å². The monoisotopic (exact) mass is 262 g/mol. The van der Waals surface area contributed by atoms with Crippen LogP contribution in [0.3, 0.4) is 0 Å². The Bertz CT molecular complexity index is 422. The van der Waals surface area contributed by atoms with Gasteiger partial charge in [0.05, 0.1) is 0 Å². The Hall–Kier alpha value is -1.90. The molecule has 0 saturated heterocycles. The smallest absolute Gasteiger partial charge is 0.341 e. The third-order valence-corrected chi connectivity index (χ3v) is 2.16. The zero-order valence-electron chi connectivity index (χ0n) is 12.5. The van der Waals surface area contributed by atoms with Crippen molar-refractivity contribution in [2.75, 3.05) is 0 Å². The molecule has 0 radical (unpaired) electrons. The molecule has 0 saturated carbocycles. The molecule has 0 heterocycles. The fourth-order valence-electron chi connectivity index (χ4n) is 0.965. The molecule has 0 bridgehead atoms. The van der Waals surface area contributed by atoms with Crippen LogP contribution in [0.5, 0.6) is 0 Å². The van der Waals surface area contributed by atoms with Crippen molar-refractivity contribution in [3.63, 3.8) is 0 Å². The second-order valence-corrected chi connectivity index (χ2v) is 4.86. The molecule has 0 aromatic heterocycles. The van der Waals surface area contributed by atoms with Gasteiger partial charge >= 0.3 is 11.9 Å². The minimum atomic E-state index is -0.618. The predicted octanol–water partition coefficient (Wildman–Crippen LogP) is 3.88. The topological polar surface area (TPSA) is 43.4 Å². The lowest BCUT2D eigenvalue weighted by Gasteiger charge is -2.02. The average molecular weight is 262 g/mol.